The van der Waals surface area contributed by atoms with Gasteiger partial charge in [0, 0.05) is 5.69 Å². The SMILES string of the molecule is CCCCc1ccc(CC2S/C(=C(/C#N)C(=O)NCc3ccco3)N(c3ccc(OC)cc3)C2=O)cc1. The molecule has 0 radical (unpaired) electrons. The van der Waals surface area contributed by atoms with Crippen LogP contribution >= 0.6 is 11.8 Å². The number of thioether (sulfide) groups is 1. The summed E-state index contributed by atoms with van der Waals surface area (Å²) >= 11 is 1.25. The normalized spacial score (nSPS) is 16.4. The summed E-state index contributed by atoms with van der Waals surface area (Å²) in [5.74, 6) is 0.475. The van der Waals surface area contributed by atoms with Crippen molar-refractivity contribution in [1.29, 1.82) is 5.26 Å². The van der Waals surface area contributed by atoms with Gasteiger partial charge in [0.15, 0.2) is 0 Å². The van der Waals surface area contributed by atoms with Gasteiger partial charge in [0.1, 0.15) is 28.2 Å². The number of nitrogens with one attached hydrogen (secondary N) is 1. The Kier molecular flexibility index (Phi) is 8.70. The number of aryl methyl sites for hydroxylation is 1. The Labute approximate surface area is 221 Å². The van der Waals surface area contributed by atoms with E-state index >= 15 is 0 Å². The maximum absolute atomic E-state index is 13.7. The zero-order chi connectivity index (χ0) is 26.2. The van der Waals surface area contributed by atoms with E-state index in [0.29, 0.717) is 28.6 Å². The number of hydrogen-bond acceptors (Lipinski definition) is 6. The summed E-state index contributed by atoms with van der Waals surface area (Å²) in [4.78, 5) is 28.1. The predicted octanol–water partition coefficient (Wildman–Crippen LogP) is 5.37. The summed E-state index contributed by atoms with van der Waals surface area (Å²) in [5, 5.41) is 12.5. The molecule has 190 valence electrons. The number of anilines is 1. The second-order valence-corrected chi connectivity index (χ2v) is 9.85. The van der Waals surface area contributed by atoms with Crippen LogP contribution in [0.2, 0.25) is 0 Å². The molecule has 1 aromatic heterocycles. The number of rotatable bonds is 10. The number of hydrogen-bond donors (Lipinski definition) is 1. The monoisotopic (exact) mass is 515 g/mol. The van der Waals surface area contributed by atoms with E-state index in [1.165, 1.54) is 28.5 Å². The highest BCUT2D eigenvalue weighted by molar-refractivity contribution is 8.05. The number of unbranched alkanes of at least 4 members (excludes halogenated alkanes) is 1. The molecule has 4 rings (SSSR count). The predicted molar refractivity (Wildman–Crippen MR) is 144 cm³/mol. The van der Waals surface area contributed by atoms with Gasteiger partial charge in [0.25, 0.3) is 5.91 Å². The second kappa shape index (κ2) is 12.3. The number of benzene rings is 2. The summed E-state index contributed by atoms with van der Waals surface area (Å²) in [5.41, 5.74) is 2.76. The smallest absolute Gasteiger partial charge is 0.265 e. The molecule has 8 heteroatoms. The van der Waals surface area contributed by atoms with E-state index < -0.39 is 11.2 Å². The number of nitrogens with zero attached hydrogens (tertiary/aromatic N) is 2. The van der Waals surface area contributed by atoms with Crippen LogP contribution in [0, 0.1) is 11.3 Å². The van der Waals surface area contributed by atoms with Crippen LogP contribution in [-0.4, -0.2) is 24.2 Å². The van der Waals surface area contributed by atoms with Crippen molar-refractivity contribution in [2.75, 3.05) is 12.0 Å². The van der Waals surface area contributed by atoms with Crippen LogP contribution in [0.25, 0.3) is 0 Å². The van der Waals surface area contributed by atoms with Gasteiger partial charge in [-0.2, -0.15) is 5.26 Å². The number of ether oxygens (including phenoxy) is 1. The molecule has 0 bridgehead atoms. The number of nitriles is 1. The molecule has 1 fully saturated rings. The van der Waals surface area contributed by atoms with Crippen molar-refractivity contribution in [2.45, 2.75) is 44.4 Å². The molecule has 0 spiro atoms. The third-order valence-corrected chi connectivity index (χ3v) is 7.37. The van der Waals surface area contributed by atoms with Crippen LogP contribution in [-0.2, 0) is 29.0 Å². The van der Waals surface area contributed by atoms with E-state index in [9.17, 15) is 14.9 Å². The highest BCUT2D eigenvalue weighted by Crippen LogP contribution is 2.42. The number of methoxy groups -OCH3 is 1. The Morgan fingerprint density at radius 3 is 2.49 bits per heavy atom. The molecule has 7 nitrogen and oxygen atoms in total. The molecule has 1 N–H and O–H groups in total. The van der Waals surface area contributed by atoms with Gasteiger partial charge >= 0.3 is 0 Å². The maximum Gasteiger partial charge on any atom is 0.265 e. The summed E-state index contributed by atoms with van der Waals surface area (Å²) < 4.78 is 10.5. The molecule has 1 saturated heterocycles. The second-order valence-electron chi connectivity index (χ2n) is 8.66. The molecular formula is C29H29N3O4S. The molecular weight excluding hydrogens is 486 g/mol. The number of carbonyl (C=O) groups excluding carboxylic acids is 2. The van der Waals surface area contributed by atoms with Crippen molar-refractivity contribution in [3.63, 3.8) is 0 Å². The van der Waals surface area contributed by atoms with Crippen molar-refractivity contribution >= 4 is 29.3 Å². The summed E-state index contributed by atoms with van der Waals surface area (Å²) in [6, 6.07) is 20.8. The Balaban J connectivity index is 1.62. The van der Waals surface area contributed by atoms with E-state index in [2.05, 4.69) is 36.5 Å². The van der Waals surface area contributed by atoms with Gasteiger partial charge in [-0.05, 0) is 66.8 Å². The standard InChI is InChI=1S/C29H29N3O4S/c1-3-4-6-20-8-10-21(11-9-20)17-26-28(34)32(22-12-14-23(35-2)15-13-22)29(37-26)25(18-30)27(33)31-19-24-7-5-16-36-24/h5,7-16,26H,3-4,6,17,19H2,1-2H3,(H,31,33)/b29-25-. The minimum atomic E-state index is -0.561. The quantitative estimate of drug-likeness (QED) is 0.288. The molecule has 0 aliphatic carbocycles. The molecule has 0 saturated carbocycles. The first kappa shape index (κ1) is 26.1. The molecule has 3 aromatic rings. The van der Waals surface area contributed by atoms with Gasteiger partial charge in [-0.25, -0.2) is 0 Å². The summed E-state index contributed by atoms with van der Waals surface area (Å²) in [6.07, 6.45) is 5.32. The first-order chi connectivity index (χ1) is 18.0. The van der Waals surface area contributed by atoms with Gasteiger partial charge in [0.2, 0.25) is 5.91 Å². The van der Waals surface area contributed by atoms with Gasteiger partial charge in [-0.3, -0.25) is 14.5 Å². The van der Waals surface area contributed by atoms with Crippen LogP contribution in [0.5, 0.6) is 5.75 Å². The lowest BCUT2D eigenvalue weighted by Crippen LogP contribution is -2.32. The fourth-order valence-electron chi connectivity index (χ4n) is 4.06. The minimum Gasteiger partial charge on any atom is -0.497 e. The summed E-state index contributed by atoms with van der Waals surface area (Å²) in [7, 11) is 1.57. The number of furan rings is 1. The average molecular weight is 516 g/mol. The molecule has 1 aliphatic rings. The van der Waals surface area contributed by atoms with Crippen LogP contribution in [0.15, 0.2) is 81.9 Å². The average Bonchev–Trinajstić information content (AvgIpc) is 3.56. The number of carbonyl (C=O) groups is 2. The van der Waals surface area contributed by atoms with Crippen molar-refractivity contribution in [2.24, 2.45) is 0 Å². The van der Waals surface area contributed by atoms with Crippen LogP contribution in [0.4, 0.5) is 5.69 Å². The molecule has 2 aromatic carbocycles. The highest BCUT2D eigenvalue weighted by atomic mass is 32.2. The van der Waals surface area contributed by atoms with Crippen molar-refractivity contribution in [3.8, 4) is 11.8 Å². The Hall–Kier alpha value is -3.96. The van der Waals surface area contributed by atoms with Crippen molar-refractivity contribution in [1.82, 2.24) is 5.32 Å². The Morgan fingerprint density at radius 2 is 1.86 bits per heavy atom. The summed E-state index contributed by atoms with van der Waals surface area (Å²) in [6.45, 7) is 2.31. The number of amides is 2. The molecule has 1 aliphatic heterocycles. The van der Waals surface area contributed by atoms with E-state index in [4.69, 9.17) is 9.15 Å². The van der Waals surface area contributed by atoms with Gasteiger partial charge in [-0.15, -0.1) is 0 Å². The molecule has 1 atom stereocenters. The van der Waals surface area contributed by atoms with Gasteiger partial charge < -0.3 is 14.5 Å². The van der Waals surface area contributed by atoms with E-state index in [1.54, 1.807) is 43.5 Å². The topological polar surface area (TPSA) is 95.6 Å². The fourth-order valence-corrected chi connectivity index (χ4v) is 5.37. The lowest BCUT2D eigenvalue weighted by molar-refractivity contribution is -0.117. The Bertz CT molecular complexity index is 1290. The van der Waals surface area contributed by atoms with Gasteiger partial charge in [-0.1, -0.05) is 49.4 Å². The fraction of sp³-hybridized carbons (Fsp3) is 0.276. The first-order valence-electron chi connectivity index (χ1n) is 12.2. The van der Waals surface area contributed by atoms with Crippen molar-refractivity contribution in [3.05, 3.63) is 94.4 Å². The van der Waals surface area contributed by atoms with Crippen molar-refractivity contribution < 1.29 is 18.7 Å². The lowest BCUT2D eigenvalue weighted by atomic mass is 10.0. The van der Waals surface area contributed by atoms with E-state index in [-0.39, 0.29) is 18.0 Å². The minimum absolute atomic E-state index is 0.113. The molecule has 2 heterocycles. The lowest BCUT2D eigenvalue weighted by Gasteiger charge is -2.19. The molecule has 37 heavy (non-hydrogen) atoms. The molecule has 1 unspecified atom stereocenters. The van der Waals surface area contributed by atoms with Crippen LogP contribution in [0.1, 0.15) is 36.7 Å². The third kappa shape index (κ3) is 6.25. The zero-order valence-electron chi connectivity index (χ0n) is 20.9. The largest absolute Gasteiger partial charge is 0.497 e. The highest BCUT2D eigenvalue weighted by Gasteiger charge is 2.40. The maximum atomic E-state index is 13.7. The first-order valence-corrected chi connectivity index (χ1v) is 13.1. The zero-order valence-corrected chi connectivity index (χ0v) is 21.7. The van der Waals surface area contributed by atoms with E-state index in [0.717, 1.165) is 24.8 Å². The third-order valence-electron chi connectivity index (χ3n) is 6.10. The Morgan fingerprint density at radius 1 is 1.14 bits per heavy atom. The molecule has 2 amide bonds. The van der Waals surface area contributed by atoms with Crippen LogP contribution < -0.4 is 15.0 Å². The van der Waals surface area contributed by atoms with Crippen LogP contribution in [0.3, 0.4) is 0 Å². The van der Waals surface area contributed by atoms with E-state index in [1.807, 2.05) is 6.07 Å². The van der Waals surface area contributed by atoms with Gasteiger partial charge in [0.05, 0.1) is 25.2 Å².